The lowest BCUT2D eigenvalue weighted by molar-refractivity contribution is 0.322. The van der Waals surface area contributed by atoms with Crippen molar-refractivity contribution in [2.75, 3.05) is 12.3 Å². The number of hydrogen-bond donors (Lipinski definition) is 1. The lowest BCUT2D eigenvalue weighted by Crippen LogP contribution is -2.01. The molecule has 0 aliphatic carbocycles. The highest BCUT2D eigenvalue weighted by atomic mass is 16.5. The fourth-order valence-corrected chi connectivity index (χ4v) is 2.10. The number of nitrogens with two attached hydrogens (primary N) is 1. The SMILES string of the molecule is CCCCc1ccc(OCCc2ccc(N)cc2)cc1. The van der Waals surface area contributed by atoms with Crippen LogP contribution in [0.4, 0.5) is 5.69 Å². The molecule has 0 bridgehead atoms. The fourth-order valence-electron chi connectivity index (χ4n) is 2.10. The first-order valence-electron chi connectivity index (χ1n) is 7.34. The van der Waals surface area contributed by atoms with Crippen molar-refractivity contribution in [2.24, 2.45) is 0 Å². The zero-order chi connectivity index (χ0) is 14.2. The molecule has 20 heavy (non-hydrogen) atoms. The number of rotatable bonds is 7. The molecule has 2 heteroatoms. The Morgan fingerprint density at radius 1 is 0.850 bits per heavy atom. The van der Waals surface area contributed by atoms with Crippen LogP contribution in [0, 0.1) is 0 Å². The monoisotopic (exact) mass is 269 g/mol. The summed E-state index contributed by atoms with van der Waals surface area (Å²) in [5.41, 5.74) is 9.10. The molecule has 0 fully saturated rings. The van der Waals surface area contributed by atoms with Crippen LogP contribution in [0.25, 0.3) is 0 Å². The molecule has 0 aliphatic rings. The van der Waals surface area contributed by atoms with Crippen molar-refractivity contribution < 1.29 is 4.74 Å². The van der Waals surface area contributed by atoms with E-state index < -0.39 is 0 Å². The van der Waals surface area contributed by atoms with Crippen LogP contribution in [0.2, 0.25) is 0 Å². The van der Waals surface area contributed by atoms with Crippen LogP contribution in [0.5, 0.6) is 5.75 Å². The van der Waals surface area contributed by atoms with Crippen molar-refractivity contribution in [3.05, 3.63) is 59.7 Å². The largest absolute Gasteiger partial charge is 0.493 e. The minimum Gasteiger partial charge on any atom is -0.493 e. The van der Waals surface area contributed by atoms with Gasteiger partial charge in [0.1, 0.15) is 5.75 Å². The van der Waals surface area contributed by atoms with Gasteiger partial charge in [-0.25, -0.2) is 0 Å². The first-order chi connectivity index (χ1) is 9.78. The number of nitrogen functional groups attached to an aromatic ring is 1. The molecule has 0 amide bonds. The normalized spacial score (nSPS) is 10.4. The molecular formula is C18H23NO. The van der Waals surface area contributed by atoms with E-state index in [0.29, 0.717) is 6.61 Å². The van der Waals surface area contributed by atoms with E-state index in [2.05, 4.69) is 31.2 Å². The zero-order valence-electron chi connectivity index (χ0n) is 12.1. The molecule has 0 aromatic heterocycles. The Kier molecular flexibility index (Phi) is 5.48. The molecule has 0 saturated heterocycles. The van der Waals surface area contributed by atoms with E-state index in [0.717, 1.165) is 24.3 Å². The maximum absolute atomic E-state index is 5.77. The molecule has 0 aliphatic heterocycles. The van der Waals surface area contributed by atoms with Gasteiger partial charge < -0.3 is 10.5 Å². The van der Waals surface area contributed by atoms with Gasteiger partial charge in [0.2, 0.25) is 0 Å². The van der Waals surface area contributed by atoms with Crippen molar-refractivity contribution in [2.45, 2.75) is 32.6 Å². The topological polar surface area (TPSA) is 35.2 Å². The molecular weight excluding hydrogens is 246 g/mol. The maximum Gasteiger partial charge on any atom is 0.119 e. The summed E-state index contributed by atoms with van der Waals surface area (Å²) in [7, 11) is 0. The fraction of sp³-hybridized carbons (Fsp3) is 0.333. The molecule has 0 saturated carbocycles. The van der Waals surface area contributed by atoms with E-state index in [4.69, 9.17) is 10.5 Å². The molecule has 0 atom stereocenters. The number of unbranched alkanes of at least 4 members (excludes halogenated alkanes) is 1. The molecule has 106 valence electrons. The van der Waals surface area contributed by atoms with Crippen LogP contribution in [0.3, 0.4) is 0 Å². The summed E-state index contributed by atoms with van der Waals surface area (Å²) in [4.78, 5) is 0. The molecule has 0 radical (unpaired) electrons. The van der Waals surface area contributed by atoms with Gasteiger partial charge in [0.25, 0.3) is 0 Å². The van der Waals surface area contributed by atoms with Crippen LogP contribution in [-0.2, 0) is 12.8 Å². The van der Waals surface area contributed by atoms with Gasteiger partial charge in [-0.3, -0.25) is 0 Å². The van der Waals surface area contributed by atoms with Gasteiger partial charge in [0.15, 0.2) is 0 Å². The van der Waals surface area contributed by atoms with Crippen LogP contribution in [-0.4, -0.2) is 6.61 Å². The van der Waals surface area contributed by atoms with Crippen molar-refractivity contribution in [3.8, 4) is 5.75 Å². The minimum atomic E-state index is 0.693. The Morgan fingerprint density at radius 3 is 2.10 bits per heavy atom. The number of aryl methyl sites for hydroxylation is 1. The van der Waals surface area contributed by atoms with Gasteiger partial charge in [0.05, 0.1) is 6.61 Å². The van der Waals surface area contributed by atoms with E-state index in [1.807, 2.05) is 24.3 Å². The molecule has 2 N–H and O–H groups in total. The second kappa shape index (κ2) is 7.59. The van der Waals surface area contributed by atoms with Crippen molar-refractivity contribution in [1.29, 1.82) is 0 Å². The van der Waals surface area contributed by atoms with E-state index in [1.54, 1.807) is 0 Å². The summed E-state index contributed by atoms with van der Waals surface area (Å²) in [6.45, 7) is 2.91. The van der Waals surface area contributed by atoms with Gasteiger partial charge in [0, 0.05) is 12.1 Å². The zero-order valence-corrected chi connectivity index (χ0v) is 12.1. The highest BCUT2D eigenvalue weighted by Crippen LogP contribution is 2.14. The van der Waals surface area contributed by atoms with Crippen molar-refractivity contribution in [3.63, 3.8) is 0 Å². The van der Waals surface area contributed by atoms with Crippen LogP contribution in [0.1, 0.15) is 30.9 Å². The van der Waals surface area contributed by atoms with Crippen LogP contribution < -0.4 is 10.5 Å². The van der Waals surface area contributed by atoms with E-state index >= 15 is 0 Å². The van der Waals surface area contributed by atoms with Crippen LogP contribution in [0.15, 0.2) is 48.5 Å². The summed E-state index contributed by atoms with van der Waals surface area (Å²) < 4.78 is 5.77. The van der Waals surface area contributed by atoms with Crippen LogP contribution >= 0.6 is 0 Å². The Labute approximate surface area is 121 Å². The lowest BCUT2D eigenvalue weighted by atomic mass is 10.1. The average molecular weight is 269 g/mol. The lowest BCUT2D eigenvalue weighted by Gasteiger charge is -2.07. The maximum atomic E-state index is 5.77. The van der Waals surface area contributed by atoms with Crippen molar-refractivity contribution >= 4 is 5.69 Å². The van der Waals surface area contributed by atoms with E-state index in [9.17, 15) is 0 Å². The third kappa shape index (κ3) is 4.61. The van der Waals surface area contributed by atoms with Crippen molar-refractivity contribution in [1.82, 2.24) is 0 Å². The second-order valence-electron chi connectivity index (χ2n) is 5.09. The van der Waals surface area contributed by atoms with E-state index in [1.165, 1.54) is 24.0 Å². The summed E-state index contributed by atoms with van der Waals surface area (Å²) in [6.07, 6.45) is 4.54. The third-order valence-corrected chi connectivity index (χ3v) is 3.38. The quantitative estimate of drug-likeness (QED) is 0.763. The Hall–Kier alpha value is -1.96. The third-order valence-electron chi connectivity index (χ3n) is 3.38. The first-order valence-corrected chi connectivity index (χ1v) is 7.34. The highest BCUT2D eigenvalue weighted by molar-refractivity contribution is 5.39. The van der Waals surface area contributed by atoms with Gasteiger partial charge >= 0.3 is 0 Å². The summed E-state index contributed by atoms with van der Waals surface area (Å²) in [5, 5.41) is 0. The predicted molar refractivity (Wildman–Crippen MR) is 85.1 cm³/mol. The summed E-state index contributed by atoms with van der Waals surface area (Å²) in [6, 6.07) is 16.4. The van der Waals surface area contributed by atoms with Gasteiger partial charge in [-0.1, -0.05) is 37.6 Å². The summed E-state index contributed by atoms with van der Waals surface area (Å²) in [5.74, 6) is 0.945. The molecule has 2 aromatic carbocycles. The molecule has 0 unspecified atom stereocenters. The molecule has 2 aromatic rings. The van der Waals surface area contributed by atoms with Gasteiger partial charge in [-0.05, 0) is 48.2 Å². The van der Waals surface area contributed by atoms with E-state index in [-0.39, 0.29) is 0 Å². The highest BCUT2D eigenvalue weighted by Gasteiger charge is 1.97. The number of benzene rings is 2. The molecule has 2 rings (SSSR count). The Balaban J connectivity index is 1.77. The number of anilines is 1. The smallest absolute Gasteiger partial charge is 0.119 e. The number of ether oxygens (including phenoxy) is 1. The summed E-state index contributed by atoms with van der Waals surface area (Å²) >= 11 is 0. The number of hydrogen-bond acceptors (Lipinski definition) is 2. The minimum absolute atomic E-state index is 0.693. The second-order valence-corrected chi connectivity index (χ2v) is 5.09. The average Bonchev–Trinajstić information content (AvgIpc) is 2.48. The first kappa shape index (κ1) is 14.4. The predicted octanol–water partition coefficient (Wildman–Crippen LogP) is 4.23. The van der Waals surface area contributed by atoms with Gasteiger partial charge in [-0.15, -0.1) is 0 Å². The van der Waals surface area contributed by atoms with Gasteiger partial charge in [-0.2, -0.15) is 0 Å². The standard InChI is InChI=1S/C18H23NO/c1-2-3-4-15-7-11-18(12-8-15)20-14-13-16-5-9-17(19)10-6-16/h5-12H,2-4,13-14,19H2,1H3. The molecule has 0 heterocycles. The molecule has 0 spiro atoms. The Morgan fingerprint density at radius 2 is 1.45 bits per heavy atom. The molecule has 2 nitrogen and oxygen atoms in total. The Bertz CT molecular complexity index is 502.